The Morgan fingerprint density at radius 1 is 1.33 bits per heavy atom. The summed E-state index contributed by atoms with van der Waals surface area (Å²) in [4.78, 5) is 23.0. The number of nitro groups is 1. The van der Waals surface area contributed by atoms with E-state index in [9.17, 15) is 14.9 Å². The van der Waals surface area contributed by atoms with Gasteiger partial charge in [0.05, 0.1) is 17.1 Å². The van der Waals surface area contributed by atoms with Crippen molar-refractivity contribution in [1.82, 2.24) is 0 Å². The zero-order valence-corrected chi connectivity index (χ0v) is 12.4. The molecule has 0 radical (unpaired) electrons. The molecule has 0 bridgehead atoms. The van der Waals surface area contributed by atoms with Crippen molar-refractivity contribution >= 4 is 11.7 Å². The van der Waals surface area contributed by atoms with Gasteiger partial charge >= 0.3 is 12.7 Å². The van der Waals surface area contributed by atoms with Gasteiger partial charge in [-0.1, -0.05) is 0 Å². The Kier molecular flexibility index (Phi) is 5.66. The lowest BCUT2D eigenvalue weighted by Crippen LogP contribution is -2.43. The van der Waals surface area contributed by atoms with Crippen LogP contribution in [0.5, 0.6) is 0 Å². The van der Waals surface area contributed by atoms with Crippen LogP contribution in [0.4, 0.5) is 5.69 Å². The van der Waals surface area contributed by atoms with E-state index in [1.165, 1.54) is 0 Å². The van der Waals surface area contributed by atoms with Crippen LogP contribution in [-0.2, 0) is 4.74 Å². The van der Waals surface area contributed by atoms with Crippen LogP contribution in [-0.4, -0.2) is 41.4 Å². The average Bonchev–Trinajstić information content (AvgIpc) is 2.41. The largest absolute Gasteiger partial charge is 0.397 e. The lowest BCUT2D eigenvalue weighted by molar-refractivity contribution is -0.517. The van der Waals surface area contributed by atoms with Gasteiger partial charge in [0.15, 0.2) is 0 Å². The van der Waals surface area contributed by atoms with Gasteiger partial charge in [-0.2, -0.15) is 0 Å². The summed E-state index contributed by atoms with van der Waals surface area (Å²) in [6.45, 7) is 5.68. The second-order valence-electron chi connectivity index (χ2n) is 5.49. The summed E-state index contributed by atoms with van der Waals surface area (Å²) in [6, 6.07) is 6.55. The third-order valence-corrected chi connectivity index (χ3v) is 2.85. The highest BCUT2D eigenvalue weighted by Crippen LogP contribution is 2.23. The van der Waals surface area contributed by atoms with Crippen molar-refractivity contribution in [3.05, 3.63) is 39.9 Å². The number of nitrogens with zero attached hydrogens (tertiary/aromatic N) is 2. The number of β-amino-alcohol motifs (C(OH)–C–C–N with tert-alkyl or cyclic N) is 1. The van der Waals surface area contributed by atoms with Crippen LogP contribution < -0.4 is 4.90 Å². The van der Waals surface area contributed by atoms with Crippen molar-refractivity contribution in [2.75, 3.05) is 24.8 Å². The SMILES string of the molecule is CC(C)(C)N(CCO)c1ccc(C(=O)OC[N+](=O)[O-])cc1. The molecule has 1 rings (SSSR count). The highest BCUT2D eigenvalue weighted by molar-refractivity contribution is 5.89. The predicted octanol–water partition coefficient (Wildman–Crippen LogP) is 1.67. The number of hydrogen-bond acceptors (Lipinski definition) is 6. The standard InChI is InChI=1S/C14H20N2O5/c1-14(2,3)15(8-9-17)12-6-4-11(5-7-12)13(18)21-10-16(19)20/h4-7,17H,8-10H2,1-3H3. The minimum absolute atomic E-state index is 0.0178. The molecule has 1 N–H and O–H groups in total. The van der Waals surface area contributed by atoms with E-state index in [1.54, 1.807) is 24.3 Å². The summed E-state index contributed by atoms with van der Waals surface area (Å²) in [5.74, 6) is -0.734. The van der Waals surface area contributed by atoms with Crippen molar-refractivity contribution in [1.29, 1.82) is 0 Å². The summed E-state index contributed by atoms with van der Waals surface area (Å²) >= 11 is 0. The highest BCUT2D eigenvalue weighted by Gasteiger charge is 2.21. The Balaban J connectivity index is 2.85. The Morgan fingerprint density at radius 3 is 2.33 bits per heavy atom. The lowest BCUT2D eigenvalue weighted by Gasteiger charge is -2.37. The van der Waals surface area contributed by atoms with Gasteiger partial charge < -0.3 is 14.7 Å². The fraction of sp³-hybridized carbons (Fsp3) is 0.500. The Hall–Kier alpha value is -2.15. The van der Waals surface area contributed by atoms with Gasteiger partial charge in [0, 0.05) is 17.8 Å². The third-order valence-electron chi connectivity index (χ3n) is 2.85. The Morgan fingerprint density at radius 2 is 1.90 bits per heavy atom. The molecule has 116 valence electrons. The first-order valence-electron chi connectivity index (χ1n) is 6.53. The number of benzene rings is 1. The van der Waals surface area contributed by atoms with E-state index in [2.05, 4.69) is 4.74 Å². The monoisotopic (exact) mass is 296 g/mol. The van der Waals surface area contributed by atoms with Gasteiger partial charge in [-0.25, -0.2) is 4.79 Å². The smallest absolute Gasteiger partial charge is 0.347 e. The van der Waals surface area contributed by atoms with E-state index in [4.69, 9.17) is 5.11 Å². The van der Waals surface area contributed by atoms with Gasteiger partial charge in [0.1, 0.15) is 0 Å². The number of ether oxygens (including phenoxy) is 1. The van der Waals surface area contributed by atoms with Crippen molar-refractivity contribution in [2.24, 2.45) is 0 Å². The fourth-order valence-corrected chi connectivity index (χ4v) is 1.92. The molecule has 1 aromatic carbocycles. The molecule has 0 fully saturated rings. The third kappa shape index (κ3) is 5.03. The molecule has 7 heteroatoms. The number of carbonyl (C=O) groups is 1. The first-order chi connectivity index (χ1) is 9.75. The number of aliphatic hydroxyl groups excluding tert-OH is 1. The number of carbonyl (C=O) groups excluding carboxylic acids is 1. The molecule has 0 unspecified atom stereocenters. The van der Waals surface area contributed by atoms with Crippen LogP contribution >= 0.6 is 0 Å². The first kappa shape index (κ1) is 16.9. The Bertz CT molecular complexity index is 493. The number of anilines is 1. The maximum atomic E-state index is 11.6. The molecule has 1 aromatic rings. The van der Waals surface area contributed by atoms with Crippen LogP contribution in [0, 0.1) is 10.1 Å². The van der Waals surface area contributed by atoms with E-state index in [-0.39, 0.29) is 17.7 Å². The molecular formula is C14H20N2O5. The minimum atomic E-state index is -0.848. The molecule has 21 heavy (non-hydrogen) atoms. The number of rotatable bonds is 6. The molecule has 0 aromatic heterocycles. The maximum absolute atomic E-state index is 11.6. The van der Waals surface area contributed by atoms with Crippen molar-refractivity contribution in [3.8, 4) is 0 Å². The summed E-state index contributed by atoms with van der Waals surface area (Å²) in [5, 5.41) is 19.3. The summed E-state index contributed by atoms with van der Waals surface area (Å²) in [6.07, 6.45) is 0. The normalized spacial score (nSPS) is 11.0. The molecule has 7 nitrogen and oxygen atoms in total. The molecule has 0 spiro atoms. The van der Waals surface area contributed by atoms with Crippen LogP contribution in [0.25, 0.3) is 0 Å². The van der Waals surface area contributed by atoms with Crippen LogP contribution in [0.3, 0.4) is 0 Å². The Labute approximate surface area is 123 Å². The molecule has 0 heterocycles. The van der Waals surface area contributed by atoms with E-state index >= 15 is 0 Å². The van der Waals surface area contributed by atoms with Gasteiger partial charge in [-0.3, -0.25) is 10.1 Å². The molecular weight excluding hydrogens is 276 g/mol. The average molecular weight is 296 g/mol. The molecule has 0 amide bonds. The van der Waals surface area contributed by atoms with Crippen molar-refractivity contribution in [3.63, 3.8) is 0 Å². The molecule has 0 aliphatic rings. The zero-order chi connectivity index (χ0) is 16.0. The number of esters is 1. The van der Waals surface area contributed by atoms with Gasteiger partial charge in [-0.15, -0.1) is 0 Å². The van der Waals surface area contributed by atoms with Gasteiger partial charge in [-0.05, 0) is 45.0 Å². The molecule has 0 atom stereocenters. The molecule has 0 aliphatic carbocycles. The zero-order valence-electron chi connectivity index (χ0n) is 12.4. The molecule has 0 saturated heterocycles. The van der Waals surface area contributed by atoms with Gasteiger partial charge in [0.2, 0.25) is 0 Å². The van der Waals surface area contributed by atoms with E-state index in [0.717, 1.165) is 5.69 Å². The highest BCUT2D eigenvalue weighted by atomic mass is 16.7. The number of hydrogen-bond donors (Lipinski definition) is 1. The summed E-state index contributed by atoms with van der Waals surface area (Å²) < 4.78 is 4.51. The van der Waals surface area contributed by atoms with Gasteiger partial charge in [0.25, 0.3) is 0 Å². The van der Waals surface area contributed by atoms with E-state index in [1.807, 2.05) is 25.7 Å². The predicted molar refractivity (Wildman–Crippen MR) is 77.9 cm³/mol. The molecule has 0 saturated carbocycles. The molecule has 0 aliphatic heterocycles. The quantitative estimate of drug-likeness (QED) is 0.371. The van der Waals surface area contributed by atoms with E-state index in [0.29, 0.717) is 6.54 Å². The second-order valence-corrected chi connectivity index (χ2v) is 5.49. The maximum Gasteiger partial charge on any atom is 0.347 e. The number of aliphatic hydroxyl groups is 1. The van der Waals surface area contributed by atoms with Crippen molar-refractivity contribution in [2.45, 2.75) is 26.3 Å². The summed E-state index contributed by atoms with van der Waals surface area (Å²) in [7, 11) is 0. The van der Waals surface area contributed by atoms with Crippen LogP contribution in [0.1, 0.15) is 31.1 Å². The lowest BCUT2D eigenvalue weighted by atomic mass is 10.0. The van der Waals surface area contributed by atoms with Crippen molar-refractivity contribution < 1.29 is 19.6 Å². The van der Waals surface area contributed by atoms with E-state index < -0.39 is 17.6 Å². The first-order valence-corrected chi connectivity index (χ1v) is 6.53. The summed E-state index contributed by atoms with van der Waals surface area (Å²) in [5.41, 5.74) is 0.914. The minimum Gasteiger partial charge on any atom is -0.397 e. The second kappa shape index (κ2) is 7.03. The topological polar surface area (TPSA) is 92.9 Å². The van der Waals surface area contributed by atoms with Crippen LogP contribution in [0.15, 0.2) is 24.3 Å². The fourth-order valence-electron chi connectivity index (χ4n) is 1.92. The van der Waals surface area contributed by atoms with Crippen LogP contribution in [0.2, 0.25) is 0 Å².